The molecule has 0 amide bonds. The summed E-state index contributed by atoms with van der Waals surface area (Å²) >= 11 is 0. The molecule has 0 aliphatic heterocycles. The lowest BCUT2D eigenvalue weighted by Crippen LogP contribution is -1.82. The summed E-state index contributed by atoms with van der Waals surface area (Å²) < 4.78 is 5.23. The molecule has 4 heteroatoms. The van der Waals surface area contributed by atoms with Gasteiger partial charge >= 0.3 is 0 Å². The van der Waals surface area contributed by atoms with E-state index in [9.17, 15) is 0 Å². The smallest absolute Gasteiger partial charge is 0.140 e. The Kier molecular flexibility index (Phi) is 1.59. The van der Waals surface area contributed by atoms with Gasteiger partial charge in [-0.15, -0.1) is 0 Å². The highest BCUT2D eigenvalue weighted by atomic mass is 16.5. The fourth-order valence-corrected chi connectivity index (χ4v) is 1.41. The highest BCUT2D eigenvalue weighted by molar-refractivity contribution is 5.52. The van der Waals surface area contributed by atoms with Crippen molar-refractivity contribution in [3.63, 3.8) is 0 Å². The van der Waals surface area contributed by atoms with Crippen LogP contribution < -0.4 is 0 Å². The molecule has 0 aromatic carbocycles. The van der Waals surface area contributed by atoms with Crippen LogP contribution in [0.5, 0.6) is 0 Å². The van der Waals surface area contributed by atoms with Crippen molar-refractivity contribution >= 4 is 0 Å². The van der Waals surface area contributed by atoms with E-state index < -0.39 is 0 Å². The van der Waals surface area contributed by atoms with Crippen molar-refractivity contribution in [2.45, 2.75) is 18.8 Å². The predicted molar refractivity (Wildman–Crippen MR) is 49.5 cm³/mol. The van der Waals surface area contributed by atoms with Gasteiger partial charge in [0.25, 0.3) is 0 Å². The molecule has 0 atom stereocenters. The topological polar surface area (TPSA) is 51.8 Å². The highest BCUT2D eigenvalue weighted by Gasteiger charge is 2.28. The van der Waals surface area contributed by atoms with Gasteiger partial charge in [0, 0.05) is 18.2 Å². The third-order valence-electron chi connectivity index (χ3n) is 2.35. The van der Waals surface area contributed by atoms with Crippen molar-refractivity contribution in [3.8, 4) is 11.4 Å². The van der Waals surface area contributed by atoms with Crippen molar-refractivity contribution in [2.24, 2.45) is 0 Å². The minimum Gasteiger partial charge on any atom is -0.360 e. The maximum Gasteiger partial charge on any atom is 0.140 e. The SMILES string of the molecule is c1cc(-c2cc(C3CC3)on2)ncn1. The van der Waals surface area contributed by atoms with E-state index in [0.29, 0.717) is 5.92 Å². The molecule has 2 aromatic rings. The first-order valence-corrected chi connectivity index (χ1v) is 4.66. The minimum atomic E-state index is 0.595. The first-order valence-electron chi connectivity index (χ1n) is 4.66. The number of nitrogens with zero attached hydrogens (tertiary/aromatic N) is 3. The predicted octanol–water partition coefficient (Wildman–Crippen LogP) is 2.01. The summed E-state index contributed by atoms with van der Waals surface area (Å²) in [5.74, 6) is 1.58. The molecule has 3 rings (SSSR count). The number of hydrogen-bond acceptors (Lipinski definition) is 4. The van der Waals surface area contributed by atoms with Crippen LogP contribution in [-0.2, 0) is 0 Å². The maximum atomic E-state index is 5.23. The van der Waals surface area contributed by atoms with Gasteiger partial charge in [-0.3, -0.25) is 0 Å². The molecule has 2 heterocycles. The van der Waals surface area contributed by atoms with E-state index in [-0.39, 0.29) is 0 Å². The van der Waals surface area contributed by atoms with Crippen LogP contribution in [0.4, 0.5) is 0 Å². The molecule has 2 aromatic heterocycles. The van der Waals surface area contributed by atoms with Gasteiger partial charge in [-0.1, -0.05) is 5.16 Å². The van der Waals surface area contributed by atoms with Crippen molar-refractivity contribution < 1.29 is 4.52 Å². The minimum absolute atomic E-state index is 0.595. The summed E-state index contributed by atoms with van der Waals surface area (Å²) in [7, 11) is 0. The summed E-state index contributed by atoms with van der Waals surface area (Å²) in [6.45, 7) is 0. The van der Waals surface area contributed by atoms with Crippen LogP contribution in [0.15, 0.2) is 29.2 Å². The van der Waals surface area contributed by atoms with Crippen LogP contribution >= 0.6 is 0 Å². The van der Waals surface area contributed by atoms with Crippen LogP contribution in [-0.4, -0.2) is 15.1 Å². The third-order valence-corrected chi connectivity index (χ3v) is 2.35. The van der Waals surface area contributed by atoms with Gasteiger partial charge in [0.15, 0.2) is 0 Å². The molecular weight excluding hydrogens is 178 g/mol. The van der Waals surface area contributed by atoms with Gasteiger partial charge in [-0.25, -0.2) is 9.97 Å². The Morgan fingerprint density at radius 3 is 2.93 bits per heavy atom. The average molecular weight is 187 g/mol. The van der Waals surface area contributed by atoms with E-state index in [4.69, 9.17) is 4.52 Å². The van der Waals surface area contributed by atoms with E-state index >= 15 is 0 Å². The third kappa shape index (κ3) is 1.28. The number of hydrogen-bond donors (Lipinski definition) is 0. The Labute approximate surface area is 81.0 Å². The lowest BCUT2D eigenvalue weighted by atomic mass is 10.2. The van der Waals surface area contributed by atoms with Gasteiger partial charge in [-0.05, 0) is 18.9 Å². The zero-order chi connectivity index (χ0) is 9.38. The molecule has 14 heavy (non-hydrogen) atoms. The zero-order valence-electron chi connectivity index (χ0n) is 7.55. The maximum absolute atomic E-state index is 5.23. The van der Waals surface area contributed by atoms with Gasteiger partial charge in [0.2, 0.25) is 0 Å². The summed E-state index contributed by atoms with van der Waals surface area (Å²) in [4.78, 5) is 7.96. The molecule has 0 spiro atoms. The molecule has 0 saturated heterocycles. The van der Waals surface area contributed by atoms with Crippen LogP contribution in [0.25, 0.3) is 11.4 Å². The van der Waals surface area contributed by atoms with Crippen LogP contribution in [0.1, 0.15) is 24.5 Å². The summed E-state index contributed by atoms with van der Waals surface area (Å²) in [5, 5.41) is 3.98. The summed E-state index contributed by atoms with van der Waals surface area (Å²) in [6.07, 6.45) is 5.66. The van der Waals surface area contributed by atoms with E-state index in [1.807, 2.05) is 12.1 Å². The second-order valence-corrected chi connectivity index (χ2v) is 3.48. The molecule has 1 fully saturated rings. The number of rotatable bonds is 2. The quantitative estimate of drug-likeness (QED) is 0.721. The number of aromatic nitrogens is 3. The molecule has 0 unspecified atom stereocenters. The average Bonchev–Trinajstić information content (AvgIpc) is 2.98. The molecule has 70 valence electrons. The van der Waals surface area contributed by atoms with Crippen LogP contribution in [0.2, 0.25) is 0 Å². The highest BCUT2D eigenvalue weighted by Crippen LogP contribution is 2.40. The van der Waals surface area contributed by atoms with Gasteiger partial charge in [-0.2, -0.15) is 0 Å². The molecule has 1 aliphatic rings. The van der Waals surface area contributed by atoms with Crippen LogP contribution in [0.3, 0.4) is 0 Å². The standard InChI is InChI=1S/C10H9N3O/c1-2-7(1)10-5-9(13-14-10)8-3-4-11-6-12-8/h3-7H,1-2H2. The van der Waals surface area contributed by atoms with E-state index in [0.717, 1.165) is 17.1 Å². The molecule has 0 N–H and O–H groups in total. The van der Waals surface area contributed by atoms with Gasteiger partial charge in [0.05, 0.1) is 5.69 Å². The van der Waals surface area contributed by atoms with Crippen LogP contribution in [0, 0.1) is 0 Å². The monoisotopic (exact) mass is 187 g/mol. The fourth-order valence-electron chi connectivity index (χ4n) is 1.41. The fraction of sp³-hybridized carbons (Fsp3) is 0.300. The Balaban J connectivity index is 1.96. The Morgan fingerprint density at radius 1 is 1.29 bits per heavy atom. The van der Waals surface area contributed by atoms with Gasteiger partial charge < -0.3 is 4.52 Å². The molecule has 4 nitrogen and oxygen atoms in total. The van der Waals surface area contributed by atoms with Crippen molar-refractivity contribution in [1.82, 2.24) is 15.1 Å². The van der Waals surface area contributed by atoms with E-state index in [1.54, 1.807) is 6.20 Å². The molecule has 0 radical (unpaired) electrons. The molecule has 0 bridgehead atoms. The largest absolute Gasteiger partial charge is 0.360 e. The normalized spacial score (nSPS) is 15.7. The van der Waals surface area contributed by atoms with Gasteiger partial charge in [0.1, 0.15) is 17.8 Å². The second kappa shape index (κ2) is 2.90. The van der Waals surface area contributed by atoms with E-state index in [1.165, 1.54) is 19.2 Å². The summed E-state index contributed by atoms with van der Waals surface area (Å²) in [6, 6.07) is 3.80. The Bertz CT molecular complexity index is 434. The van der Waals surface area contributed by atoms with Crippen molar-refractivity contribution in [3.05, 3.63) is 30.4 Å². The first-order chi connectivity index (χ1) is 6.93. The second-order valence-electron chi connectivity index (χ2n) is 3.48. The molecule has 1 aliphatic carbocycles. The lowest BCUT2D eigenvalue weighted by Gasteiger charge is -1.89. The molecular formula is C10H9N3O. The Hall–Kier alpha value is -1.71. The Morgan fingerprint density at radius 2 is 2.21 bits per heavy atom. The lowest BCUT2D eigenvalue weighted by molar-refractivity contribution is 0.386. The summed E-state index contributed by atoms with van der Waals surface area (Å²) in [5.41, 5.74) is 1.62. The molecule has 1 saturated carbocycles. The van der Waals surface area contributed by atoms with Crippen molar-refractivity contribution in [2.75, 3.05) is 0 Å². The van der Waals surface area contributed by atoms with E-state index in [2.05, 4.69) is 15.1 Å². The van der Waals surface area contributed by atoms with Crippen molar-refractivity contribution in [1.29, 1.82) is 0 Å². The first kappa shape index (κ1) is 7.67. The zero-order valence-corrected chi connectivity index (χ0v) is 7.55.